The maximum Gasteiger partial charge on any atom is 0.0717 e. The number of aromatic nitrogens is 2. The molecule has 0 radical (unpaired) electrons. The van der Waals surface area contributed by atoms with Crippen LogP contribution in [-0.4, -0.2) is 26.5 Å². The zero-order valence-corrected chi connectivity index (χ0v) is 10.1. The van der Waals surface area contributed by atoms with Crippen molar-refractivity contribution in [1.82, 2.24) is 9.78 Å². The molecule has 0 bridgehead atoms. The fraction of sp³-hybridized carbons (Fsp3) is 0.750. The van der Waals surface area contributed by atoms with E-state index in [1.54, 1.807) is 0 Å². The Bertz CT molecular complexity index is 374. The van der Waals surface area contributed by atoms with Gasteiger partial charge >= 0.3 is 0 Å². The predicted octanol–water partition coefficient (Wildman–Crippen LogP) is 0.903. The number of aryl methyl sites for hydroxylation is 2. The number of aliphatic hydroxyl groups is 1. The summed E-state index contributed by atoms with van der Waals surface area (Å²) >= 11 is 0. The first-order valence-electron chi connectivity index (χ1n) is 5.96. The van der Waals surface area contributed by atoms with E-state index in [-0.39, 0.29) is 6.04 Å². The third kappa shape index (κ3) is 2.44. The van der Waals surface area contributed by atoms with Crippen molar-refractivity contribution in [2.24, 2.45) is 12.8 Å². The van der Waals surface area contributed by atoms with Gasteiger partial charge in [-0.15, -0.1) is 0 Å². The fourth-order valence-corrected chi connectivity index (χ4v) is 2.71. The van der Waals surface area contributed by atoms with Gasteiger partial charge in [-0.1, -0.05) is 0 Å². The molecule has 1 fully saturated rings. The molecule has 0 amide bonds. The van der Waals surface area contributed by atoms with Crippen LogP contribution < -0.4 is 5.73 Å². The first-order chi connectivity index (χ1) is 7.48. The van der Waals surface area contributed by atoms with E-state index in [0.29, 0.717) is 12.8 Å². The van der Waals surface area contributed by atoms with Crippen LogP contribution in [0.5, 0.6) is 0 Å². The molecule has 1 aliphatic rings. The molecule has 2 unspecified atom stereocenters. The second-order valence-electron chi connectivity index (χ2n) is 5.16. The molecule has 2 atom stereocenters. The summed E-state index contributed by atoms with van der Waals surface area (Å²) in [7, 11) is 1.93. The van der Waals surface area contributed by atoms with E-state index in [1.807, 2.05) is 24.7 Å². The number of nitrogens with two attached hydrogens (primary N) is 1. The normalized spacial score (nSPS) is 30.6. The molecular weight excluding hydrogens is 202 g/mol. The molecule has 0 aliphatic heterocycles. The minimum Gasteiger partial charge on any atom is -0.389 e. The van der Waals surface area contributed by atoms with Gasteiger partial charge in [0.15, 0.2) is 0 Å². The lowest BCUT2D eigenvalue weighted by Crippen LogP contribution is -2.43. The van der Waals surface area contributed by atoms with Crippen LogP contribution in [0.3, 0.4) is 0 Å². The largest absolute Gasteiger partial charge is 0.389 e. The van der Waals surface area contributed by atoms with E-state index in [9.17, 15) is 5.11 Å². The third-order valence-corrected chi connectivity index (χ3v) is 3.47. The maximum atomic E-state index is 10.5. The molecule has 4 nitrogen and oxygen atoms in total. The van der Waals surface area contributed by atoms with Crippen molar-refractivity contribution in [3.8, 4) is 0 Å². The summed E-state index contributed by atoms with van der Waals surface area (Å²) < 4.78 is 1.85. The van der Waals surface area contributed by atoms with Gasteiger partial charge in [-0.25, -0.2) is 0 Å². The molecule has 0 spiro atoms. The van der Waals surface area contributed by atoms with Gasteiger partial charge in [0.1, 0.15) is 0 Å². The Morgan fingerprint density at radius 2 is 2.44 bits per heavy atom. The lowest BCUT2D eigenvalue weighted by Gasteiger charge is -2.35. The van der Waals surface area contributed by atoms with Crippen LogP contribution in [-0.2, 0) is 13.5 Å². The molecule has 2 rings (SSSR count). The topological polar surface area (TPSA) is 64.1 Å². The number of hydrogen-bond donors (Lipinski definition) is 2. The Morgan fingerprint density at radius 3 is 3.00 bits per heavy atom. The zero-order chi connectivity index (χ0) is 11.8. The summed E-state index contributed by atoms with van der Waals surface area (Å²) in [4.78, 5) is 0. The predicted molar refractivity (Wildman–Crippen MR) is 63.0 cm³/mol. The van der Waals surface area contributed by atoms with Crippen LogP contribution in [0.2, 0.25) is 0 Å². The highest BCUT2D eigenvalue weighted by Gasteiger charge is 2.33. The highest BCUT2D eigenvalue weighted by atomic mass is 16.3. The van der Waals surface area contributed by atoms with Crippen molar-refractivity contribution in [2.45, 2.75) is 50.7 Å². The molecule has 1 aromatic rings. The monoisotopic (exact) mass is 223 g/mol. The molecule has 1 aromatic heterocycles. The highest BCUT2D eigenvalue weighted by Crippen LogP contribution is 2.30. The van der Waals surface area contributed by atoms with Gasteiger partial charge in [-0.3, -0.25) is 4.68 Å². The molecule has 3 N–H and O–H groups in total. The van der Waals surface area contributed by atoms with Gasteiger partial charge in [0.2, 0.25) is 0 Å². The van der Waals surface area contributed by atoms with Crippen molar-refractivity contribution in [3.63, 3.8) is 0 Å². The summed E-state index contributed by atoms with van der Waals surface area (Å²) in [6.45, 7) is 1.97. The molecule has 0 saturated heterocycles. The van der Waals surface area contributed by atoms with Crippen LogP contribution in [0.25, 0.3) is 0 Å². The second kappa shape index (κ2) is 4.18. The molecule has 1 aliphatic carbocycles. The second-order valence-corrected chi connectivity index (χ2v) is 5.16. The lowest BCUT2D eigenvalue weighted by molar-refractivity contribution is -0.00340. The minimum atomic E-state index is -0.627. The Kier molecular flexibility index (Phi) is 3.04. The van der Waals surface area contributed by atoms with E-state index in [0.717, 1.165) is 30.7 Å². The van der Waals surface area contributed by atoms with Crippen LogP contribution in [0.1, 0.15) is 37.1 Å². The van der Waals surface area contributed by atoms with E-state index in [4.69, 9.17) is 5.73 Å². The summed E-state index contributed by atoms with van der Waals surface area (Å²) in [6, 6.07) is 2.19. The molecule has 1 saturated carbocycles. The Morgan fingerprint density at radius 1 is 1.69 bits per heavy atom. The summed E-state index contributed by atoms with van der Waals surface area (Å²) in [5, 5.41) is 14.8. The van der Waals surface area contributed by atoms with Gasteiger partial charge in [0.25, 0.3) is 0 Å². The molecule has 0 aromatic carbocycles. The highest BCUT2D eigenvalue weighted by molar-refractivity contribution is 5.12. The zero-order valence-electron chi connectivity index (χ0n) is 10.1. The van der Waals surface area contributed by atoms with E-state index >= 15 is 0 Å². The quantitative estimate of drug-likeness (QED) is 0.783. The molecule has 90 valence electrons. The summed E-state index contributed by atoms with van der Waals surface area (Å²) in [5.41, 5.74) is 7.39. The number of nitrogens with zero attached hydrogens (tertiary/aromatic N) is 2. The van der Waals surface area contributed by atoms with Crippen LogP contribution >= 0.6 is 0 Å². The van der Waals surface area contributed by atoms with Crippen LogP contribution in [0, 0.1) is 6.92 Å². The Labute approximate surface area is 96.5 Å². The Balaban J connectivity index is 2.10. The summed E-state index contributed by atoms with van der Waals surface area (Å²) in [5.74, 6) is 0. The fourth-order valence-electron chi connectivity index (χ4n) is 2.71. The van der Waals surface area contributed by atoms with Crippen molar-refractivity contribution in [1.29, 1.82) is 0 Å². The average Bonchev–Trinajstić information content (AvgIpc) is 2.43. The van der Waals surface area contributed by atoms with Crippen molar-refractivity contribution < 1.29 is 5.11 Å². The van der Waals surface area contributed by atoms with E-state index in [1.165, 1.54) is 0 Å². The van der Waals surface area contributed by atoms with Gasteiger partial charge < -0.3 is 10.8 Å². The molecular formula is C12H21N3O. The lowest BCUT2D eigenvalue weighted by atomic mass is 9.79. The van der Waals surface area contributed by atoms with Crippen LogP contribution in [0.15, 0.2) is 6.07 Å². The summed E-state index contributed by atoms with van der Waals surface area (Å²) in [6.07, 6.45) is 4.28. The van der Waals surface area contributed by atoms with Crippen molar-refractivity contribution >= 4 is 0 Å². The molecule has 4 heteroatoms. The molecule has 1 heterocycles. The first kappa shape index (κ1) is 11.6. The molecule has 16 heavy (non-hydrogen) atoms. The SMILES string of the molecule is Cc1cc(CC2(O)CCCC(N)C2)n(C)n1. The smallest absolute Gasteiger partial charge is 0.0717 e. The standard InChI is InChI=1S/C12H21N3O/c1-9-6-11(15(2)14-9)8-12(16)5-3-4-10(13)7-12/h6,10,16H,3-5,7-8,13H2,1-2H3. The van der Waals surface area contributed by atoms with Crippen LogP contribution in [0.4, 0.5) is 0 Å². The van der Waals surface area contributed by atoms with Gasteiger partial charge in [-0.05, 0) is 38.7 Å². The Hall–Kier alpha value is -0.870. The third-order valence-electron chi connectivity index (χ3n) is 3.47. The minimum absolute atomic E-state index is 0.146. The maximum absolute atomic E-state index is 10.5. The van der Waals surface area contributed by atoms with E-state index < -0.39 is 5.60 Å². The average molecular weight is 223 g/mol. The van der Waals surface area contributed by atoms with Crippen molar-refractivity contribution in [2.75, 3.05) is 0 Å². The van der Waals surface area contributed by atoms with Gasteiger partial charge in [-0.2, -0.15) is 5.10 Å². The van der Waals surface area contributed by atoms with E-state index in [2.05, 4.69) is 5.10 Å². The number of hydrogen-bond acceptors (Lipinski definition) is 3. The van der Waals surface area contributed by atoms with Gasteiger partial charge in [0, 0.05) is 25.2 Å². The number of rotatable bonds is 2. The first-order valence-corrected chi connectivity index (χ1v) is 5.96. The van der Waals surface area contributed by atoms with Gasteiger partial charge in [0.05, 0.1) is 11.3 Å². The van der Waals surface area contributed by atoms with Crippen molar-refractivity contribution in [3.05, 3.63) is 17.5 Å².